The first-order valence-electron chi connectivity index (χ1n) is 5.57. The normalized spacial score (nSPS) is 12.9. The summed E-state index contributed by atoms with van der Waals surface area (Å²) in [5, 5.41) is 18.4. The zero-order valence-electron chi connectivity index (χ0n) is 10.1. The Morgan fingerprint density at radius 1 is 1.31 bits per heavy atom. The van der Waals surface area contributed by atoms with Crippen molar-refractivity contribution < 1.29 is 10.2 Å². The van der Waals surface area contributed by atoms with Crippen LogP contribution < -0.4 is 4.90 Å². The summed E-state index contributed by atoms with van der Waals surface area (Å²) < 4.78 is 0. The third-order valence-electron chi connectivity index (χ3n) is 2.51. The van der Waals surface area contributed by atoms with E-state index in [-0.39, 0.29) is 12.6 Å². The second kappa shape index (κ2) is 5.82. The third-order valence-corrected chi connectivity index (χ3v) is 2.51. The Hall–Kier alpha value is -1.13. The van der Waals surface area contributed by atoms with Gasteiger partial charge >= 0.3 is 0 Å². The topological polar surface area (TPSA) is 56.6 Å². The van der Waals surface area contributed by atoms with Gasteiger partial charge in [-0.05, 0) is 32.4 Å². The lowest BCUT2D eigenvalue weighted by Gasteiger charge is -2.27. The van der Waals surface area contributed by atoms with Crippen LogP contribution in [-0.4, -0.2) is 34.4 Å². The molecule has 1 heterocycles. The van der Waals surface area contributed by atoms with Crippen molar-refractivity contribution in [3.05, 3.63) is 23.9 Å². The maximum absolute atomic E-state index is 9.37. The molecule has 2 N–H and O–H groups in total. The van der Waals surface area contributed by atoms with E-state index >= 15 is 0 Å². The molecule has 4 nitrogen and oxygen atoms in total. The highest BCUT2D eigenvalue weighted by Crippen LogP contribution is 2.17. The highest BCUT2D eigenvalue weighted by Gasteiger charge is 2.11. The summed E-state index contributed by atoms with van der Waals surface area (Å²) in [5.41, 5.74) is 0.802. The van der Waals surface area contributed by atoms with Crippen LogP contribution in [0.3, 0.4) is 0 Å². The maximum Gasteiger partial charge on any atom is 0.128 e. The smallest absolute Gasteiger partial charge is 0.128 e. The van der Waals surface area contributed by atoms with Crippen LogP contribution in [0.2, 0.25) is 0 Å². The molecule has 0 aliphatic carbocycles. The van der Waals surface area contributed by atoms with Gasteiger partial charge in [0.05, 0.1) is 12.7 Å². The van der Waals surface area contributed by atoms with E-state index in [1.54, 1.807) is 13.1 Å². The molecular formula is C12H20N2O2. The number of aliphatic hydroxyl groups is 2. The van der Waals surface area contributed by atoms with E-state index in [0.717, 1.165) is 11.4 Å². The molecule has 0 fully saturated rings. The molecule has 0 aromatic carbocycles. The van der Waals surface area contributed by atoms with Crippen LogP contribution in [0.1, 0.15) is 32.4 Å². The van der Waals surface area contributed by atoms with E-state index in [1.807, 2.05) is 17.0 Å². The van der Waals surface area contributed by atoms with Crippen LogP contribution in [0, 0.1) is 0 Å². The molecule has 0 saturated heterocycles. The lowest BCUT2D eigenvalue weighted by Crippen LogP contribution is -2.34. The Bertz CT molecular complexity index is 309. The summed E-state index contributed by atoms with van der Waals surface area (Å²) in [4.78, 5) is 6.31. The average Bonchev–Trinajstić information content (AvgIpc) is 2.25. The predicted molar refractivity (Wildman–Crippen MR) is 64.4 cm³/mol. The van der Waals surface area contributed by atoms with Gasteiger partial charge in [0.2, 0.25) is 0 Å². The largest absolute Gasteiger partial charge is 0.395 e. The minimum atomic E-state index is -0.494. The number of aliphatic hydroxyl groups excluding tert-OH is 2. The minimum Gasteiger partial charge on any atom is -0.395 e. The van der Waals surface area contributed by atoms with Gasteiger partial charge in [-0.25, -0.2) is 4.98 Å². The lowest BCUT2D eigenvalue weighted by atomic mass is 10.2. The van der Waals surface area contributed by atoms with Crippen molar-refractivity contribution in [2.24, 2.45) is 0 Å². The molecular weight excluding hydrogens is 204 g/mol. The molecule has 16 heavy (non-hydrogen) atoms. The molecule has 1 rings (SSSR count). The number of rotatable bonds is 5. The van der Waals surface area contributed by atoms with Crippen LogP contribution in [0.15, 0.2) is 18.3 Å². The van der Waals surface area contributed by atoms with Gasteiger partial charge in [-0.15, -0.1) is 0 Å². The molecule has 0 amide bonds. The second-order valence-corrected chi connectivity index (χ2v) is 4.14. The number of pyridine rings is 1. The van der Waals surface area contributed by atoms with Crippen LogP contribution in [0.25, 0.3) is 0 Å². The van der Waals surface area contributed by atoms with Crippen molar-refractivity contribution in [2.45, 2.75) is 32.9 Å². The average molecular weight is 224 g/mol. The van der Waals surface area contributed by atoms with Gasteiger partial charge in [0, 0.05) is 18.8 Å². The minimum absolute atomic E-state index is 0.109. The van der Waals surface area contributed by atoms with Crippen LogP contribution in [0.4, 0.5) is 5.82 Å². The quantitative estimate of drug-likeness (QED) is 0.792. The van der Waals surface area contributed by atoms with E-state index in [4.69, 9.17) is 5.11 Å². The predicted octanol–water partition coefficient (Wildman–Crippen LogP) is 1.34. The van der Waals surface area contributed by atoms with E-state index in [9.17, 15) is 5.11 Å². The lowest BCUT2D eigenvalue weighted by molar-refractivity contribution is 0.199. The molecule has 4 heteroatoms. The highest BCUT2D eigenvalue weighted by molar-refractivity contribution is 5.40. The Kier molecular flexibility index (Phi) is 4.71. The molecule has 0 unspecified atom stereocenters. The Morgan fingerprint density at radius 3 is 2.38 bits per heavy atom. The Morgan fingerprint density at radius 2 is 2.00 bits per heavy atom. The van der Waals surface area contributed by atoms with Gasteiger partial charge in [0.15, 0.2) is 0 Å². The summed E-state index contributed by atoms with van der Waals surface area (Å²) in [6.07, 6.45) is 1.18. The van der Waals surface area contributed by atoms with Crippen molar-refractivity contribution in [3.8, 4) is 0 Å². The van der Waals surface area contributed by atoms with Crippen molar-refractivity contribution in [1.29, 1.82) is 0 Å². The van der Waals surface area contributed by atoms with Crippen LogP contribution in [-0.2, 0) is 0 Å². The molecule has 1 aromatic heterocycles. The Balaban J connectivity index is 2.85. The summed E-state index contributed by atoms with van der Waals surface area (Å²) in [5.74, 6) is 0.827. The molecule has 0 spiro atoms. The first kappa shape index (κ1) is 12.9. The van der Waals surface area contributed by atoms with Crippen molar-refractivity contribution in [1.82, 2.24) is 4.98 Å². The van der Waals surface area contributed by atoms with Gasteiger partial charge in [-0.3, -0.25) is 0 Å². The first-order chi connectivity index (χ1) is 7.56. The van der Waals surface area contributed by atoms with Gasteiger partial charge in [-0.2, -0.15) is 0 Å². The zero-order chi connectivity index (χ0) is 12.1. The molecule has 90 valence electrons. The fraction of sp³-hybridized carbons (Fsp3) is 0.583. The summed E-state index contributed by atoms with van der Waals surface area (Å²) >= 11 is 0. The molecule has 0 aliphatic heterocycles. The molecule has 1 atom stereocenters. The number of hydrogen-bond donors (Lipinski definition) is 2. The monoisotopic (exact) mass is 224 g/mol. The highest BCUT2D eigenvalue weighted by atomic mass is 16.3. The van der Waals surface area contributed by atoms with Gasteiger partial charge in [0.1, 0.15) is 5.82 Å². The van der Waals surface area contributed by atoms with Crippen LogP contribution in [0.5, 0.6) is 0 Å². The fourth-order valence-corrected chi connectivity index (χ4v) is 1.56. The maximum atomic E-state index is 9.37. The van der Waals surface area contributed by atoms with Crippen molar-refractivity contribution in [2.75, 3.05) is 18.1 Å². The van der Waals surface area contributed by atoms with E-state index in [0.29, 0.717) is 6.54 Å². The zero-order valence-corrected chi connectivity index (χ0v) is 10.1. The molecule has 0 radical (unpaired) electrons. The molecule has 0 aliphatic rings. The molecule has 1 aromatic rings. The Labute approximate surface area is 96.6 Å². The second-order valence-electron chi connectivity index (χ2n) is 4.14. The van der Waals surface area contributed by atoms with Gasteiger partial charge in [-0.1, -0.05) is 6.07 Å². The van der Waals surface area contributed by atoms with Crippen LogP contribution >= 0.6 is 0 Å². The number of anilines is 1. The fourth-order valence-electron chi connectivity index (χ4n) is 1.56. The van der Waals surface area contributed by atoms with Gasteiger partial charge < -0.3 is 15.1 Å². The standard InChI is InChI=1S/C12H20N2O2/c1-9(2)14(6-7-15)12-5-4-11(8-13-12)10(3)16/h4-5,8-10,15-16H,6-7H2,1-3H3/t10-/m1/s1. The molecule has 0 saturated carbocycles. The number of aromatic nitrogens is 1. The van der Waals surface area contributed by atoms with E-state index in [2.05, 4.69) is 18.8 Å². The SMILES string of the molecule is CC(C)N(CCO)c1ccc([C@@H](C)O)cn1. The number of hydrogen-bond acceptors (Lipinski definition) is 4. The summed E-state index contributed by atoms with van der Waals surface area (Å²) in [7, 11) is 0. The van der Waals surface area contributed by atoms with Crippen molar-refractivity contribution in [3.63, 3.8) is 0 Å². The molecule has 0 bridgehead atoms. The number of nitrogens with zero attached hydrogens (tertiary/aromatic N) is 2. The first-order valence-corrected chi connectivity index (χ1v) is 5.57. The van der Waals surface area contributed by atoms with Gasteiger partial charge in [0.25, 0.3) is 0 Å². The van der Waals surface area contributed by atoms with E-state index in [1.165, 1.54) is 0 Å². The summed E-state index contributed by atoms with van der Waals surface area (Å²) in [6.45, 7) is 6.50. The van der Waals surface area contributed by atoms with E-state index < -0.39 is 6.10 Å². The third kappa shape index (κ3) is 3.18. The summed E-state index contributed by atoms with van der Waals surface area (Å²) in [6, 6.07) is 4.02. The van der Waals surface area contributed by atoms with Crippen molar-refractivity contribution >= 4 is 5.82 Å².